The number of aromatic nitrogens is 3. The lowest BCUT2D eigenvalue weighted by Crippen LogP contribution is -2.37. The topological polar surface area (TPSA) is 85.8 Å². The molecule has 1 amide bonds. The summed E-state index contributed by atoms with van der Waals surface area (Å²) in [6.07, 6.45) is 6.88. The van der Waals surface area contributed by atoms with E-state index < -0.39 is 0 Å². The summed E-state index contributed by atoms with van der Waals surface area (Å²) in [6.45, 7) is 4.86. The van der Waals surface area contributed by atoms with E-state index in [1.165, 1.54) is 4.68 Å². The fourth-order valence-corrected chi connectivity index (χ4v) is 1.26. The van der Waals surface area contributed by atoms with Crippen LogP contribution < -0.4 is 11.1 Å². The highest BCUT2D eigenvalue weighted by atomic mass is 16.2. The van der Waals surface area contributed by atoms with Gasteiger partial charge in [0.15, 0.2) is 5.69 Å². The number of rotatable bonds is 5. The van der Waals surface area contributed by atoms with Crippen LogP contribution in [0.5, 0.6) is 0 Å². The summed E-state index contributed by atoms with van der Waals surface area (Å²) >= 11 is 0. The predicted molar refractivity (Wildman–Crippen MR) is 64.0 cm³/mol. The molecule has 0 spiro atoms. The maximum Gasteiger partial charge on any atom is 0.274 e. The minimum Gasteiger partial charge on any atom is -0.337 e. The van der Waals surface area contributed by atoms with E-state index in [1.807, 2.05) is 13.8 Å². The third-order valence-electron chi connectivity index (χ3n) is 2.26. The SMILES string of the molecule is C#CC(NC(=O)c1cn(CCN)nn1)C(C)C. The molecule has 6 heteroatoms. The largest absolute Gasteiger partial charge is 0.337 e. The number of nitrogens with one attached hydrogen (secondary N) is 1. The summed E-state index contributed by atoms with van der Waals surface area (Å²) in [5.41, 5.74) is 5.62. The lowest BCUT2D eigenvalue weighted by Gasteiger charge is -2.15. The summed E-state index contributed by atoms with van der Waals surface area (Å²) in [5, 5.41) is 10.3. The van der Waals surface area contributed by atoms with Gasteiger partial charge in [-0.25, -0.2) is 0 Å². The Kier molecular flexibility index (Phi) is 4.67. The van der Waals surface area contributed by atoms with Crippen molar-refractivity contribution in [1.82, 2.24) is 20.3 Å². The van der Waals surface area contributed by atoms with Crippen LogP contribution in [-0.2, 0) is 6.54 Å². The Morgan fingerprint density at radius 3 is 2.94 bits per heavy atom. The maximum absolute atomic E-state index is 11.8. The van der Waals surface area contributed by atoms with Gasteiger partial charge < -0.3 is 11.1 Å². The van der Waals surface area contributed by atoms with Crippen LogP contribution in [-0.4, -0.2) is 33.5 Å². The summed E-state index contributed by atoms with van der Waals surface area (Å²) < 4.78 is 1.52. The van der Waals surface area contributed by atoms with Gasteiger partial charge in [-0.1, -0.05) is 25.0 Å². The van der Waals surface area contributed by atoms with Gasteiger partial charge in [0, 0.05) is 6.54 Å². The molecule has 0 aromatic carbocycles. The molecule has 1 rings (SSSR count). The highest BCUT2D eigenvalue weighted by Crippen LogP contribution is 2.01. The molecular weight excluding hydrogens is 218 g/mol. The first-order valence-corrected chi connectivity index (χ1v) is 5.45. The molecule has 0 bridgehead atoms. The molecule has 0 aliphatic heterocycles. The second-order valence-corrected chi connectivity index (χ2v) is 4.02. The van der Waals surface area contributed by atoms with E-state index in [4.69, 9.17) is 12.2 Å². The average Bonchev–Trinajstić information content (AvgIpc) is 2.74. The molecule has 1 aromatic heterocycles. The molecule has 1 aromatic rings. The Morgan fingerprint density at radius 2 is 2.41 bits per heavy atom. The number of nitrogens with zero attached hydrogens (tertiary/aromatic N) is 3. The molecule has 1 atom stereocenters. The molecule has 17 heavy (non-hydrogen) atoms. The van der Waals surface area contributed by atoms with Crippen molar-refractivity contribution in [2.24, 2.45) is 11.7 Å². The van der Waals surface area contributed by atoms with E-state index in [0.717, 1.165) is 0 Å². The van der Waals surface area contributed by atoms with Crippen molar-refractivity contribution in [2.75, 3.05) is 6.54 Å². The van der Waals surface area contributed by atoms with Crippen LogP contribution in [0.4, 0.5) is 0 Å². The zero-order valence-corrected chi connectivity index (χ0v) is 10.1. The minimum atomic E-state index is -0.315. The molecule has 0 saturated carbocycles. The number of carbonyl (C=O) groups excluding carboxylic acids is 1. The predicted octanol–water partition coefficient (Wildman–Crippen LogP) is -0.376. The highest BCUT2D eigenvalue weighted by molar-refractivity contribution is 5.92. The van der Waals surface area contributed by atoms with E-state index in [9.17, 15) is 4.79 Å². The first-order valence-electron chi connectivity index (χ1n) is 5.45. The van der Waals surface area contributed by atoms with Crippen LogP contribution in [0.3, 0.4) is 0 Å². The highest BCUT2D eigenvalue weighted by Gasteiger charge is 2.16. The lowest BCUT2D eigenvalue weighted by molar-refractivity contribution is 0.0933. The van der Waals surface area contributed by atoms with Gasteiger partial charge in [0.2, 0.25) is 0 Å². The van der Waals surface area contributed by atoms with E-state index in [-0.39, 0.29) is 23.6 Å². The number of nitrogens with two attached hydrogens (primary N) is 1. The molecule has 1 unspecified atom stereocenters. The second-order valence-electron chi connectivity index (χ2n) is 4.02. The number of hydrogen-bond acceptors (Lipinski definition) is 4. The Bertz CT molecular complexity index is 418. The summed E-state index contributed by atoms with van der Waals surface area (Å²) in [5.74, 6) is 2.38. The molecule has 0 aliphatic rings. The van der Waals surface area contributed by atoms with Gasteiger partial charge in [0.1, 0.15) is 0 Å². The first kappa shape index (κ1) is 13.2. The van der Waals surface area contributed by atoms with Gasteiger partial charge in [-0.2, -0.15) is 0 Å². The van der Waals surface area contributed by atoms with Gasteiger partial charge >= 0.3 is 0 Å². The van der Waals surface area contributed by atoms with E-state index in [2.05, 4.69) is 21.5 Å². The third-order valence-corrected chi connectivity index (χ3v) is 2.26. The minimum absolute atomic E-state index is 0.169. The van der Waals surface area contributed by atoms with Crippen LogP contribution in [0.25, 0.3) is 0 Å². The fraction of sp³-hybridized carbons (Fsp3) is 0.545. The van der Waals surface area contributed by atoms with Crippen molar-refractivity contribution in [3.8, 4) is 12.3 Å². The molecular formula is C11H17N5O. The molecule has 92 valence electrons. The molecule has 3 N–H and O–H groups in total. The molecule has 6 nitrogen and oxygen atoms in total. The monoisotopic (exact) mass is 235 g/mol. The Labute approximate surface area is 101 Å². The molecule has 0 aliphatic carbocycles. The summed E-state index contributed by atoms with van der Waals surface area (Å²) in [6, 6.07) is -0.304. The lowest BCUT2D eigenvalue weighted by atomic mass is 10.1. The van der Waals surface area contributed by atoms with Gasteiger partial charge in [-0.15, -0.1) is 11.5 Å². The molecule has 0 fully saturated rings. The van der Waals surface area contributed by atoms with Crippen molar-refractivity contribution in [3.63, 3.8) is 0 Å². The van der Waals surface area contributed by atoms with Crippen LogP contribution in [0.1, 0.15) is 24.3 Å². The van der Waals surface area contributed by atoms with Gasteiger partial charge in [-0.05, 0) is 5.92 Å². The van der Waals surface area contributed by atoms with Crippen LogP contribution in [0.15, 0.2) is 6.20 Å². The van der Waals surface area contributed by atoms with E-state index >= 15 is 0 Å². The van der Waals surface area contributed by atoms with Crippen LogP contribution in [0, 0.1) is 18.3 Å². The zero-order valence-electron chi connectivity index (χ0n) is 10.1. The number of terminal acetylenes is 1. The van der Waals surface area contributed by atoms with Gasteiger partial charge in [0.05, 0.1) is 18.8 Å². The van der Waals surface area contributed by atoms with E-state index in [0.29, 0.717) is 13.1 Å². The summed E-state index contributed by atoms with van der Waals surface area (Å²) in [7, 11) is 0. The number of carbonyl (C=O) groups is 1. The average molecular weight is 235 g/mol. The van der Waals surface area contributed by atoms with Gasteiger partial charge in [-0.3, -0.25) is 9.48 Å². The second kappa shape index (κ2) is 6.01. The van der Waals surface area contributed by atoms with Crippen molar-refractivity contribution >= 4 is 5.91 Å². The third kappa shape index (κ3) is 3.57. The molecule has 0 radical (unpaired) electrons. The molecule has 0 saturated heterocycles. The number of amides is 1. The number of hydrogen-bond donors (Lipinski definition) is 2. The van der Waals surface area contributed by atoms with Crippen LogP contribution >= 0.6 is 0 Å². The smallest absolute Gasteiger partial charge is 0.274 e. The van der Waals surface area contributed by atoms with Gasteiger partial charge in [0.25, 0.3) is 5.91 Å². The summed E-state index contributed by atoms with van der Waals surface area (Å²) in [4.78, 5) is 11.8. The van der Waals surface area contributed by atoms with Crippen molar-refractivity contribution in [3.05, 3.63) is 11.9 Å². The van der Waals surface area contributed by atoms with Crippen molar-refractivity contribution < 1.29 is 4.79 Å². The Morgan fingerprint density at radius 1 is 1.71 bits per heavy atom. The van der Waals surface area contributed by atoms with E-state index in [1.54, 1.807) is 6.20 Å². The van der Waals surface area contributed by atoms with Crippen molar-refractivity contribution in [2.45, 2.75) is 26.4 Å². The standard InChI is InChI=1S/C11H17N5O/c1-4-9(8(2)3)13-11(17)10-7-16(6-5-12)15-14-10/h1,7-9H,5-6,12H2,2-3H3,(H,13,17). The molecule has 1 heterocycles. The van der Waals surface area contributed by atoms with Crippen LogP contribution in [0.2, 0.25) is 0 Å². The zero-order chi connectivity index (χ0) is 12.8. The Balaban J connectivity index is 2.66. The maximum atomic E-state index is 11.8. The normalized spacial score (nSPS) is 12.2. The quantitative estimate of drug-likeness (QED) is 0.681. The Hall–Kier alpha value is -1.87. The first-order chi connectivity index (χ1) is 8.08. The fourth-order valence-electron chi connectivity index (χ4n) is 1.26. The van der Waals surface area contributed by atoms with Crippen molar-refractivity contribution in [1.29, 1.82) is 0 Å².